The number of hydrogen-bond acceptors (Lipinski definition) is 8. The average Bonchev–Trinajstić information content (AvgIpc) is 3.42. The zero-order valence-electron chi connectivity index (χ0n) is 26.7. The number of amides is 1. The molecule has 1 amide bonds. The Morgan fingerprint density at radius 3 is 2.57 bits per heavy atom. The molecule has 1 heterocycles. The van der Waals surface area contributed by atoms with E-state index in [2.05, 4.69) is 15.3 Å². The zero-order chi connectivity index (χ0) is 33.2. The van der Waals surface area contributed by atoms with Gasteiger partial charge in [-0.25, -0.2) is 4.99 Å². The SMILES string of the molecule is Cc1cccc(CNC(=O)[C@]2(CCC(=O)OC(C)(C)C)N=C(c3ccc(OCCCO)cc3)O[C@@H]2c2ccccc2CN=[N+]=[N-])c1. The van der Waals surface area contributed by atoms with Gasteiger partial charge in [0.2, 0.25) is 5.90 Å². The summed E-state index contributed by atoms with van der Waals surface area (Å²) in [6, 6.07) is 22.2. The lowest BCUT2D eigenvalue weighted by Gasteiger charge is -2.32. The molecule has 0 saturated carbocycles. The van der Waals surface area contributed by atoms with E-state index in [9.17, 15) is 9.59 Å². The van der Waals surface area contributed by atoms with Crippen LogP contribution in [0.3, 0.4) is 0 Å². The highest BCUT2D eigenvalue weighted by atomic mass is 16.6. The molecule has 0 saturated heterocycles. The number of nitrogens with one attached hydrogen (secondary N) is 1. The average molecular weight is 628 g/mol. The zero-order valence-corrected chi connectivity index (χ0v) is 26.7. The second-order valence-corrected chi connectivity index (χ2v) is 12.1. The van der Waals surface area contributed by atoms with Gasteiger partial charge in [0.15, 0.2) is 11.6 Å². The Labute approximate surface area is 269 Å². The summed E-state index contributed by atoms with van der Waals surface area (Å²) in [5.74, 6) is -0.0489. The first-order chi connectivity index (χ1) is 22.0. The summed E-state index contributed by atoms with van der Waals surface area (Å²) in [5.41, 5.74) is 10.6. The number of azide groups is 1. The fraction of sp³-hybridized carbons (Fsp3) is 0.400. The molecule has 11 heteroatoms. The van der Waals surface area contributed by atoms with Crippen LogP contribution >= 0.6 is 0 Å². The van der Waals surface area contributed by atoms with E-state index < -0.39 is 29.1 Å². The van der Waals surface area contributed by atoms with Crippen LogP contribution in [0.2, 0.25) is 0 Å². The lowest BCUT2D eigenvalue weighted by atomic mass is 9.81. The molecule has 242 valence electrons. The van der Waals surface area contributed by atoms with Crippen LogP contribution in [0.25, 0.3) is 10.4 Å². The minimum Gasteiger partial charge on any atom is -0.494 e. The van der Waals surface area contributed by atoms with Crippen molar-refractivity contribution in [2.45, 2.75) is 77.3 Å². The van der Waals surface area contributed by atoms with Crippen LogP contribution in [0, 0.1) is 6.92 Å². The third-order valence-corrected chi connectivity index (χ3v) is 7.34. The van der Waals surface area contributed by atoms with Gasteiger partial charge in [0.05, 0.1) is 13.2 Å². The lowest BCUT2D eigenvalue weighted by Crippen LogP contribution is -2.48. The van der Waals surface area contributed by atoms with Crippen molar-refractivity contribution in [1.29, 1.82) is 0 Å². The fourth-order valence-corrected chi connectivity index (χ4v) is 5.23. The lowest BCUT2D eigenvalue weighted by molar-refractivity contribution is -0.155. The van der Waals surface area contributed by atoms with Crippen LogP contribution in [0.4, 0.5) is 0 Å². The smallest absolute Gasteiger partial charge is 0.306 e. The van der Waals surface area contributed by atoms with Gasteiger partial charge in [0.1, 0.15) is 11.4 Å². The predicted octanol–water partition coefficient (Wildman–Crippen LogP) is 6.26. The number of rotatable bonds is 14. The van der Waals surface area contributed by atoms with Crippen molar-refractivity contribution < 1.29 is 28.9 Å². The number of carbonyl (C=O) groups is 2. The van der Waals surface area contributed by atoms with Crippen molar-refractivity contribution in [2.75, 3.05) is 13.2 Å². The summed E-state index contributed by atoms with van der Waals surface area (Å²) in [6.07, 6.45) is -0.546. The molecule has 4 rings (SSSR count). The highest BCUT2D eigenvalue weighted by Gasteiger charge is 2.53. The summed E-state index contributed by atoms with van der Waals surface area (Å²) < 4.78 is 17.8. The van der Waals surface area contributed by atoms with Gasteiger partial charge in [-0.3, -0.25) is 9.59 Å². The molecule has 0 fully saturated rings. The van der Waals surface area contributed by atoms with E-state index in [0.29, 0.717) is 35.5 Å². The van der Waals surface area contributed by atoms with Gasteiger partial charge < -0.3 is 24.6 Å². The number of aliphatic hydroxyl groups is 1. The Hall–Kier alpha value is -4.86. The first-order valence-corrected chi connectivity index (χ1v) is 15.3. The molecule has 0 radical (unpaired) electrons. The van der Waals surface area contributed by atoms with Crippen molar-refractivity contribution in [3.05, 3.63) is 111 Å². The standard InChI is InChI=1S/C35H41N5O6/c1-24-9-7-10-25(21-24)22-37-33(43)35(18-17-30(42)46-34(2,3)4)31(29-12-6-5-11-27(29)23-38-40-36)45-32(39-35)26-13-15-28(16-14-26)44-20-8-19-41/h5-7,9-16,21,31,41H,8,17-20,22-23H2,1-4H3,(H,37,43)/t31-,35-/m1/s1. The molecule has 2 atom stereocenters. The Kier molecular flexibility index (Phi) is 11.4. The minimum absolute atomic E-state index is 0.00601. The maximum atomic E-state index is 14.4. The van der Waals surface area contributed by atoms with Crippen LogP contribution in [-0.4, -0.2) is 47.2 Å². The summed E-state index contributed by atoms with van der Waals surface area (Å²) >= 11 is 0. The largest absolute Gasteiger partial charge is 0.494 e. The Balaban J connectivity index is 1.78. The Morgan fingerprint density at radius 1 is 1.11 bits per heavy atom. The molecule has 0 unspecified atom stereocenters. The number of aliphatic imine (C=N–C) groups is 1. The number of esters is 1. The highest BCUT2D eigenvalue weighted by molar-refractivity contribution is 6.01. The normalized spacial score (nSPS) is 17.3. The number of carbonyl (C=O) groups excluding carboxylic acids is 2. The monoisotopic (exact) mass is 627 g/mol. The number of hydrogen-bond donors (Lipinski definition) is 2. The topological polar surface area (TPSA) is 155 Å². The van der Waals surface area contributed by atoms with Gasteiger partial charge in [0, 0.05) is 36.5 Å². The Bertz CT molecular complexity index is 1590. The summed E-state index contributed by atoms with van der Waals surface area (Å²) in [4.78, 5) is 35.3. The molecule has 3 aromatic rings. The predicted molar refractivity (Wildman–Crippen MR) is 174 cm³/mol. The van der Waals surface area contributed by atoms with Crippen LogP contribution in [-0.2, 0) is 32.2 Å². The van der Waals surface area contributed by atoms with E-state index in [1.54, 1.807) is 45.0 Å². The first kappa shape index (κ1) is 34.0. The molecule has 46 heavy (non-hydrogen) atoms. The first-order valence-electron chi connectivity index (χ1n) is 15.3. The van der Waals surface area contributed by atoms with E-state index in [-0.39, 0.29) is 38.4 Å². The maximum absolute atomic E-state index is 14.4. The molecule has 1 aliphatic rings. The van der Waals surface area contributed by atoms with E-state index in [4.69, 9.17) is 29.8 Å². The molecule has 3 aromatic carbocycles. The van der Waals surface area contributed by atoms with E-state index >= 15 is 0 Å². The third-order valence-electron chi connectivity index (χ3n) is 7.34. The molecule has 0 aliphatic carbocycles. The maximum Gasteiger partial charge on any atom is 0.306 e. The van der Waals surface area contributed by atoms with Crippen molar-refractivity contribution in [2.24, 2.45) is 10.1 Å². The molecule has 0 spiro atoms. The van der Waals surface area contributed by atoms with Crippen LogP contribution < -0.4 is 10.1 Å². The molecule has 0 aromatic heterocycles. The third kappa shape index (κ3) is 8.87. The number of ether oxygens (including phenoxy) is 3. The number of aliphatic hydroxyl groups excluding tert-OH is 1. The summed E-state index contributed by atoms with van der Waals surface area (Å²) in [7, 11) is 0. The van der Waals surface area contributed by atoms with Gasteiger partial charge in [-0.05, 0) is 80.6 Å². The molecule has 2 N–H and O–H groups in total. The second-order valence-electron chi connectivity index (χ2n) is 12.1. The second kappa shape index (κ2) is 15.4. The highest BCUT2D eigenvalue weighted by Crippen LogP contribution is 2.44. The van der Waals surface area contributed by atoms with Gasteiger partial charge in [-0.15, -0.1) is 0 Å². The molecule has 1 aliphatic heterocycles. The van der Waals surface area contributed by atoms with E-state index in [1.807, 2.05) is 55.5 Å². The van der Waals surface area contributed by atoms with E-state index in [1.165, 1.54) is 0 Å². The van der Waals surface area contributed by atoms with Crippen molar-refractivity contribution in [3.63, 3.8) is 0 Å². The van der Waals surface area contributed by atoms with Gasteiger partial charge >= 0.3 is 5.97 Å². The summed E-state index contributed by atoms with van der Waals surface area (Å²) in [5, 5.41) is 15.9. The van der Waals surface area contributed by atoms with Crippen LogP contribution in [0.1, 0.15) is 74.0 Å². The Morgan fingerprint density at radius 2 is 1.87 bits per heavy atom. The van der Waals surface area contributed by atoms with Crippen LogP contribution in [0.15, 0.2) is 82.9 Å². The van der Waals surface area contributed by atoms with E-state index in [0.717, 1.165) is 11.1 Å². The minimum atomic E-state index is -1.57. The fourth-order valence-electron chi connectivity index (χ4n) is 5.23. The summed E-state index contributed by atoms with van der Waals surface area (Å²) in [6.45, 7) is 8.02. The van der Waals surface area contributed by atoms with Gasteiger partial charge in [-0.2, -0.15) is 0 Å². The van der Waals surface area contributed by atoms with Crippen molar-refractivity contribution in [1.82, 2.24) is 5.32 Å². The van der Waals surface area contributed by atoms with Gasteiger partial charge in [0.25, 0.3) is 5.91 Å². The molecule has 0 bridgehead atoms. The van der Waals surface area contributed by atoms with Crippen molar-refractivity contribution >= 4 is 17.8 Å². The number of benzene rings is 3. The van der Waals surface area contributed by atoms with Gasteiger partial charge in [-0.1, -0.05) is 59.2 Å². The van der Waals surface area contributed by atoms with Crippen molar-refractivity contribution in [3.8, 4) is 5.75 Å². The number of nitrogens with zero attached hydrogens (tertiary/aromatic N) is 4. The molecule has 11 nitrogen and oxygen atoms in total. The molecular formula is C35H41N5O6. The van der Waals surface area contributed by atoms with Crippen LogP contribution in [0.5, 0.6) is 5.75 Å². The molecular weight excluding hydrogens is 586 g/mol. The quantitative estimate of drug-likeness (QED) is 0.0706. The number of aryl methyl sites for hydroxylation is 1.